The molecule has 0 saturated heterocycles. The number of ether oxygens (including phenoxy) is 1. The van der Waals surface area contributed by atoms with Crippen molar-refractivity contribution in [3.63, 3.8) is 0 Å². The molecule has 0 bridgehead atoms. The lowest BCUT2D eigenvalue weighted by Gasteiger charge is -2.12. The molecule has 0 saturated carbocycles. The minimum Gasteiger partial charge on any atom is -0.495 e. The first kappa shape index (κ1) is 15.8. The van der Waals surface area contributed by atoms with E-state index in [1.54, 1.807) is 25.1 Å². The van der Waals surface area contributed by atoms with Gasteiger partial charge in [0.05, 0.1) is 24.2 Å². The molecule has 0 radical (unpaired) electrons. The third kappa shape index (κ3) is 3.20. The Morgan fingerprint density at radius 3 is 2.81 bits per heavy atom. The van der Waals surface area contributed by atoms with E-state index in [1.165, 1.54) is 7.11 Å². The monoisotopic (exact) mass is 374 g/mol. The van der Waals surface area contributed by atoms with E-state index in [9.17, 15) is 8.42 Å². The van der Waals surface area contributed by atoms with Gasteiger partial charge in [0, 0.05) is 11.0 Å². The summed E-state index contributed by atoms with van der Waals surface area (Å²) in [5.41, 5.74) is 6.57. The highest BCUT2D eigenvalue weighted by atomic mass is 79.9. The first-order valence-electron chi connectivity index (χ1n) is 5.99. The van der Waals surface area contributed by atoms with Gasteiger partial charge >= 0.3 is 0 Å². The Labute approximate surface area is 131 Å². The van der Waals surface area contributed by atoms with Crippen molar-refractivity contribution < 1.29 is 13.2 Å². The summed E-state index contributed by atoms with van der Waals surface area (Å²) in [6.07, 6.45) is 0. The topological polar surface area (TPSA) is 110 Å². The molecule has 0 aliphatic carbocycles. The summed E-state index contributed by atoms with van der Waals surface area (Å²) in [4.78, 5) is 0.0621. The van der Waals surface area contributed by atoms with Crippen LogP contribution in [0.3, 0.4) is 0 Å². The predicted octanol–water partition coefficient (Wildman–Crippen LogP) is 1.75. The normalized spacial score (nSPS) is 11.4. The van der Waals surface area contributed by atoms with E-state index in [4.69, 9.17) is 10.5 Å². The van der Waals surface area contributed by atoms with E-state index >= 15 is 0 Å². The van der Waals surface area contributed by atoms with Crippen LogP contribution < -0.4 is 15.2 Å². The van der Waals surface area contributed by atoms with Crippen LogP contribution in [-0.4, -0.2) is 25.7 Å². The Kier molecular flexibility index (Phi) is 4.55. The zero-order valence-corrected chi connectivity index (χ0v) is 13.9. The molecule has 0 aliphatic rings. The van der Waals surface area contributed by atoms with Gasteiger partial charge in [0.2, 0.25) is 0 Å². The summed E-state index contributed by atoms with van der Waals surface area (Å²) in [7, 11) is -2.35. The fourth-order valence-electron chi connectivity index (χ4n) is 1.92. The van der Waals surface area contributed by atoms with Crippen LogP contribution in [0.25, 0.3) is 0 Å². The molecule has 2 aromatic rings. The minimum atomic E-state index is -3.82. The Morgan fingerprint density at radius 1 is 1.48 bits per heavy atom. The highest BCUT2D eigenvalue weighted by Crippen LogP contribution is 2.30. The van der Waals surface area contributed by atoms with Crippen molar-refractivity contribution in [3.8, 4) is 5.75 Å². The molecule has 21 heavy (non-hydrogen) atoms. The van der Waals surface area contributed by atoms with Crippen molar-refractivity contribution in [1.29, 1.82) is 0 Å². The van der Waals surface area contributed by atoms with Crippen LogP contribution in [0, 0.1) is 6.92 Å². The van der Waals surface area contributed by atoms with Gasteiger partial charge in [-0.05, 0) is 25.1 Å². The quantitative estimate of drug-likeness (QED) is 0.738. The number of nitrogens with zero attached hydrogens (tertiary/aromatic N) is 1. The van der Waals surface area contributed by atoms with E-state index in [-0.39, 0.29) is 17.1 Å². The van der Waals surface area contributed by atoms with E-state index in [2.05, 4.69) is 30.8 Å². The number of halogens is 1. The van der Waals surface area contributed by atoms with Crippen molar-refractivity contribution >= 4 is 31.6 Å². The van der Waals surface area contributed by atoms with Crippen LogP contribution in [0.5, 0.6) is 5.75 Å². The summed E-state index contributed by atoms with van der Waals surface area (Å²) >= 11 is 3.30. The molecule has 0 unspecified atom stereocenters. The Balaban J connectivity index is 2.47. The molecule has 0 spiro atoms. The molecule has 7 nitrogen and oxygen atoms in total. The van der Waals surface area contributed by atoms with Crippen LogP contribution >= 0.6 is 15.9 Å². The van der Waals surface area contributed by atoms with Crippen LogP contribution in [0.15, 0.2) is 27.6 Å². The fourth-order valence-corrected chi connectivity index (χ4v) is 3.72. The second kappa shape index (κ2) is 6.04. The van der Waals surface area contributed by atoms with Gasteiger partial charge in [0.25, 0.3) is 10.0 Å². The number of anilines is 1. The third-order valence-corrected chi connectivity index (χ3v) is 4.89. The molecule has 0 aliphatic heterocycles. The van der Waals surface area contributed by atoms with Crippen molar-refractivity contribution in [2.24, 2.45) is 5.73 Å². The number of nitrogens with two attached hydrogens (primary N) is 1. The molecule has 1 heterocycles. The fraction of sp³-hybridized carbons (Fsp3) is 0.250. The van der Waals surface area contributed by atoms with Crippen molar-refractivity contribution in [1.82, 2.24) is 10.2 Å². The van der Waals surface area contributed by atoms with E-state index in [0.717, 1.165) is 4.47 Å². The van der Waals surface area contributed by atoms with Gasteiger partial charge in [-0.1, -0.05) is 15.9 Å². The molecule has 0 atom stereocenters. The number of rotatable bonds is 5. The molecule has 2 rings (SSSR count). The van der Waals surface area contributed by atoms with Crippen molar-refractivity contribution in [2.75, 3.05) is 11.8 Å². The maximum Gasteiger partial charge on any atom is 0.265 e. The number of aryl methyl sites for hydroxylation is 1. The molecule has 4 N–H and O–H groups in total. The molecular formula is C12H15BrN4O3S. The number of H-pyrrole nitrogens is 1. The summed E-state index contributed by atoms with van der Waals surface area (Å²) in [6, 6.07) is 5.03. The smallest absolute Gasteiger partial charge is 0.265 e. The second-order valence-electron chi connectivity index (χ2n) is 4.28. The lowest BCUT2D eigenvalue weighted by molar-refractivity contribution is 0.417. The number of methoxy groups -OCH3 is 1. The highest BCUT2D eigenvalue weighted by Gasteiger charge is 2.24. The summed E-state index contributed by atoms with van der Waals surface area (Å²) < 4.78 is 33.5. The second-order valence-corrected chi connectivity index (χ2v) is 6.81. The molecule has 9 heteroatoms. The lowest BCUT2D eigenvalue weighted by Crippen LogP contribution is -2.17. The van der Waals surface area contributed by atoms with Crippen molar-refractivity contribution in [3.05, 3.63) is 34.1 Å². The van der Waals surface area contributed by atoms with Gasteiger partial charge in [-0.3, -0.25) is 9.82 Å². The van der Waals surface area contributed by atoms with E-state index in [0.29, 0.717) is 17.1 Å². The van der Waals surface area contributed by atoms with Crippen LogP contribution in [0.1, 0.15) is 11.4 Å². The zero-order valence-electron chi connectivity index (χ0n) is 11.5. The first-order valence-corrected chi connectivity index (χ1v) is 8.27. The summed E-state index contributed by atoms with van der Waals surface area (Å²) in [5, 5.41) is 6.52. The molecule has 1 aromatic carbocycles. The number of aromatic nitrogens is 2. The molecule has 0 fully saturated rings. The van der Waals surface area contributed by atoms with Crippen LogP contribution in [0.2, 0.25) is 0 Å². The molecule has 0 amide bonds. The van der Waals surface area contributed by atoms with Gasteiger partial charge < -0.3 is 10.5 Å². The van der Waals surface area contributed by atoms with Crippen molar-refractivity contribution in [2.45, 2.75) is 18.4 Å². The van der Waals surface area contributed by atoms with E-state index < -0.39 is 10.0 Å². The number of sulfonamides is 1. The standard InChI is InChI=1S/C12H15BrN4O3S/c1-7-12(10(6-14)16-15-7)21(18,19)17-9-5-8(13)3-4-11(9)20-2/h3-5,17H,6,14H2,1-2H3,(H,15,16). The van der Waals surface area contributed by atoms with Gasteiger partial charge in [-0.25, -0.2) is 8.42 Å². The van der Waals surface area contributed by atoms with E-state index in [1.807, 2.05) is 0 Å². The summed E-state index contributed by atoms with van der Waals surface area (Å²) in [5.74, 6) is 0.414. The van der Waals surface area contributed by atoms with Gasteiger partial charge in [-0.15, -0.1) is 0 Å². The SMILES string of the molecule is COc1ccc(Br)cc1NS(=O)(=O)c1c(CN)n[nH]c1C. The third-order valence-electron chi connectivity index (χ3n) is 2.83. The zero-order chi connectivity index (χ0) is 15.6. The largest absolute Gasteiger partial charge is 0.495 e. The Hall–Kier alpha value is -1.58. The van der Waals surface area contributed by atoms with Gasteiger partial charge in [-0.2, -0.15) is 5.10 Å². The number of benzene rings is 1. The first-order chi connectivity index (χ1) is 9.89. The highest BCUT2D eigenvalue weighted by molar-refractivity contribution is 9.10. The Bertz CT molecular complexity index is 758. The van der Waals surface area contributed by atoms with Crippen LogP contribution in [0.4, 0.5) is 5.69 Å². The number of hydrogen-bond acceptors (Lipinski definition) is 5. The maximum absolute atomic E-state index is 12.5. The predicted molar refractivity (Wildman–Crippen MR) is 82.7 cm³/mol. The van der Waals surface area contributed by atoms with Gasteiger partial charge in [0.15, 0.2) is 0 Å². The number of hydrogen-bond donors (Lipinski definition) is 3. The van der Waals surface area contributed by atoms with Gasteiger partial charge in [0.1, 0.15) is 10.6 Å². The number of aromatic amines is 1. The lowest BCUT2D eigenvalue weighted by atomic mass is 10.3. The Morgan fingerprint density at radius 2 is 2.19 bits per heavy atom. The molecular weight excluding hydrogens is 360 g/mol. The number of nitrogens with one attached hydrogen (secondary N) is 2. The molecule has 1 aromatic heterocycles. The summed E-state index contributed by atoms with van der Waals surface area (Å²) in [6.45, 7) is 1.65. The maximum atomic E-state index is 12.5. The minimum absolute atomic E-state index is 0.0240. The molecule has 114 valence electrons. The average molecular weight is 375 g/mol. The van der Waals surface area contributed by atoms with Crippen LogP contribution in [-0.2, 0) is 16.6 Å². The average Bonchev–Trinajstić information content (AvgIpc) is 2.80.